The van der Waals surface area contributed by atoms with E-state index in [9.17, 15) is 8.42 Å². The van der Waals surface area contributed by atoms with Gasteiger partial charge in [0.2, 0.25) is 10.0 Å². The van der Waals surface area contributed by atoms with Gasteiger partial charge in [-0.05, 0) is 31.0 Å². The number of hydrogen-bond donors (Lipinski definition) is 0. The molecule has 1 aromatic carbocycles. The van der Waals surface area contributed by atoms with Crippen LogP contribution >= 0.6 is 39.1 Å². The Kier molecular flexibility index (Phi) is 7.29. The van der Waals surface area contributed by atoms with Crippen LogP contribution in [0.5, 0.6) is 0 Å². The predicted octanol–water partition coefficient (Wildman–Crippen LogP) is 4.57. The molecule has 1 aromatic rings. The van der Waals surface area contributed by atoms with Gasteiger partial charge in [0.15, 0.2) is 0 Å². The van der Waals surface area contributed by atoms with E-state index in [1.54, 1.807) is 0 Å². The Bertz CT molecular complexity index is 527. The molecule has 0 unspecified atom stereocenters. The molecule has 7 heteroatoms. The van der Waals surface area contributed by atoms with E-state index in [2.05, 4.69) is 15.9 Å². The molecule has 0 aliphatic rings. The van der Waals surface area contributed by atoms with Crippen molar-refractivity contribution in [2.75, 3.05) is 11.9 Å². The fraction of sp³-hybridized carbons (Fsp3) is 0.538. The van der Waals surface area contributed by atoms with E-state index in [4.69, 9.17) is 23.2 Å². The van der Waals surface area contributed by atoms with Gasteiger partial charge in [-0.15, -0.1) is 0 Å². The van der Waals surface area contributed by atoms with E-state index in [-0.39, 0.29) is 10.9 Å². The first-order valence-corrected chi connectivity index (χ1v) is 9.72. The lowest BCUT2D eigenvalue weighted by atomic mass is 10.2. The van der Waals surface area contributed by atoms with Crippen LogP contribution in [0.25, 0.3) is 0 Å². The van der Waals surface area contributed by atoms with Crippen molar-refractivity contribution in [1.82, 2.24) is 4.31 Å². The average Bonchev–Trinajstić information content (AvgIpc) is 2.38. The zero-order valence-electron chi connectivity index (χ0n) is 11.4. The summed E-state index contributed by atoms with van der Waals surface area (Å²) < 4.78 is 27.1. The number of nitrogens with zero attached hydrogens (tertiary/aromatic N) is 1. The lowest BCUT2D eigenvalue weighted by Crippen LogP contribution is -2.40. The lowest BCUT2D eigenvalue weighted by molar-refractivity contribution is 0.317. The van der Waals surface area contributed by atoms with Gasteiger partial charge in [0.05, 0.1) is 4.90 Å². The van der Waals surface area contributed by atoms with Crippen molar-refractivity contribution in [1.29, 1.82) is 0 Å². The Hall–Kier alpha value is 0.190. The highest BCUT2D eigenvalue weighted by molar-refractivity contribution is 9.09. The summed E-state index contributed by atoms with van der Waals surface area (Å²) in [5, 5.41) is 1.22. The molecule has 0 heterocycles. The molecule has 0 saturated heterocycles. The Morgan fingerprint density at radius 2 is 1.65 bits per heavy atom. The first-order chi connectivity index (χ1) is 9.36. The van der Waals surface area contributed by atoms with E-state index < -0.39 is 10.0 Å². The Morgan fingerprint density at radius 3 is 2.05 bits per heavy atom. The molecule has 0 aromatic heterocycles. The quantitative estimate of drug-likeness (QED) is 0.626. The van der Waals surface area contributed by atoms with Crippen molar-refractivity contribution >= 4 is 49.2 Å². The molecule has 1 rings (SSSR count). The van der Waals surface area contributed by atoms with Crippen LogP contribution in [-0.4, -0.2) is 30.6 Å². The summed E-state index contributed by atoms with van der Waals surface area (Å²) in [6.07, 6.45) is 1.52. The van der Waals surface area contributed by atoms with Gasteiger partial charge in [-0.3, -0.25) is 0 Å². The molecule has 0 radical (unpaired) electrons. The maximum absolute atomic E-state index is 12.8. The SMILES string of the molecule is CCC(CC)N(CCBr)S(=O)(=O)c1cc(Cl)cc(Cl)c1. The molecule has 0 atom stereocenters. The zero-order valence-corrected chi connectivity index (χ0v) is 15.4. The van der Waals surface area contributed by atoms with Crippen molar-refractivity contribution in [3.8, 4) is 0 Å². The molecule has 0 bridgehead atoms. The first-order valence-electron chi connectivity index (χ1n) is 6.40. The van der Waals surface area contributed by atoms with Crippen molar-refractivity contribution in [3.05, 3.63) is 28.2 Å². The second kappa shape index (κ2) is 7.99. The highest BCUT2D eigenvalue weighted by atomic mass is 79.9. The van der Waals surface area contributed by atoms with Crippen molar-refractivity contribution in [3.63, 3.8) is 0 Å². The lowest BCUT2D eigenvalue weighted by Gasteiger charge is -2.29. The fourth-order valence-electron chi connectivity index (χ4n) is 2.09. The summed E-state index contributed by atoms with van der Waals surface area (Å²) in [5.74, 6) is 0. The largest absolute Gasteiger partial charge is 0.243 e. The molecule has 0 fully saturated rings. The van der Waals surface area contributed by atoms with Crippen LogP contribution in [0.2, 0.25) is 10.0 Å². The zero-order chi connectivity index (χ0) is 15.3. The van der Waals surface area contributed by atoms with Crippen LogP contribution in [0.4, 0.5) is 0 Å². The average molecular weight is 403 g/mol. The standard InChI is InChI=1S/C13H18BrCl2NO2S/c1-3-12(4-2)17(6-5-14)20(18,19)13-8-10(15)7-11(16)9-13/h7-9,12H,3-6H2,1-2H3. The molecule has 20 heavy (non-hydrogen) atoms. The summed E-state index contributed by atoms with van der Waals surface area (Å²) in [4.78, 5) is 0.142. The van der Waals surface area contributed by atoms with Crippen LogP contribution in [0.15, 0.2) is 23.1 Å². The maximum atomic E-state index is 12.8. The number of benzene rings is 1. The molecule has 114 valence electrons. The van der Waals surface area contributed by atoms with Gasteiger partial charge < -0.3 is 0 Å². The van der Waals surface area contributed by atoms with Gasteiger partial charge >= 0.3 is 0 Å². The van der Waals surface area contributed by atoms with E-state index in [0.717, 1.165) is 12.8 Å². The van der Waals surface area contributed by atoms with Crippen molar-refractivity contribution in [2.45, 2.75) is 37.6 Å². The molecule has 0 aliphatic heterocycles. The number of rotatable bonds is 7. The summed E-state index contributed by atoms with van der Waals surface area (Å²) >= 11 is 15.1. The van der Waals surface area contributed by atoms with E-state index in [1.807, 2.05) is 13.8 Å². The van der Waals surface area contributed by atoms with Crippen LogP contribution in [0, 0.1) is 0 Å². The van der Waals surface area contributed by atoms with Gasteiger partial charge in [-0.25, -0.2) is 8.42 Å². The van der Waals surface area contributed by atoms with Gasteiger partial charge in [-0.1, -0.05) is 53.0 Å². The summed E-state index contributed by atoms with van der Waals surface area (Å²) in [6, 6.07) is 4.36. The monoisotopic (exact) mass is 401 g/mol. The highest BCUT2D eigenvalue weighted by Crippen LogP contribution is 2.27. The summed E-state index contributed by atoms with van der Waals surface area (Å²) in [7, 11) is -3.60. The van der Waals surface area contributed by atoms with Crippen molar-refractivity contribution < 1.29 is 8.42 Å². The third-order valence-electron chi connectivity index (χ3n) is 3.10. The normalized spacial score (nSPS) is 12.3. The van der Waals surface area contributed by atoms with Crippen LogP contribution in [0.3, 0.4) is 0 Å². The summed E-state index contributed by atoms with van der Waals surface area (Å²) in [5.41, 5.74) is 0. The number of alkyl halides is 1. The predicted molar refractivity (Wildman–Crippen MR) is 88.5 cm³/mol. The number of hydrogen-bond acceptors (Lipinski definition) is 2. The van der Waals surface area contributed by atoms with E-state index in [0.29, 0.717) is 21.9 Å². The van der Waals surface area contributed by atoms with Gasteiger partial charge in [0.1, 0.15) is 0 Å². The van der Waals surface area contributed by atoms with Crippen LogP contribution < -0.4 is 0 Å². The molecular weight excluding hydrogens is 385 g/mol. The maximum Gasteiger partial charge on any atom is 0.243 e. The Labute approximate surface area is 139 Å². The topological polar surface area (TPSA) is 37.4 Å². The minimum atomic E-state index is -3.60. The van der Waals surface area contributed by atoms with Crippen LogP contribution in [-0.2, 0) is 10.0 Å². The van der Waals surface area contributed by atoms with Gasteiger partial charge in [-0.2, -0.15) is 4.31 Å². The minimum Gasteiger partial charge on any atom is -0.207 e. The van der Waals surface area contributed by atoms with Gasteiger partial charge in [0, 0.05) is 28.0 Å². The summed E-state index contributed by atoms with van der Waals surface area (Å²) in [6.45, 7) is 4.38. The fourth-order valence-corrected chi connectivity index (χ4v) is 5.21. The smallest absolute Gasteiger partial charge is 0.207 e. The Balaban J connectivity index is 3.28. The molecule has 0 N–H and O–H groups in total. The first kappa shape index (κ1) is 18.2. The number of sulfonamides is 1. The minimum absolute atomic E-state index is 0.0321. The molecular formula is C13H18BrCl2NO2S. The van der Waals surface area contributed by atoms with E-state index in [1.165, 1.54) is 22.5 Å². The molecule has 0 spiro atoms. The van der Waals surface area contributed by atoms with Crippen molar-refractivity contribution in [2.24, 2.45) is 0 Å². The second-order valence-corrected chi connectivity index (χ2v) is 7.94. The number of halogens is 3. The molecule has 3 nitrogen and oxygen atoms in total. The van der Waals surface area contributed by atoms with E-state index >= 15 is 0 Å². The van der Waals surface area contributed by atoms with Crippen LogP contribution in [0.1, 0.15) is 26.7 Å². The Morgan fingerprint density at radius 1 is 1.15 bits per heavy atom. The third kappa shape index (κ3) is 4.34. The molecule has 0 saturated carbocycles. The highest BCUT2D eigenvalue weighted by Gasteiger charge is 2.29. The molecule has 0 amide bonds. The third-order valence-corrected chi connectivity index (χ3v) is 5.82. The molecule has 0 aliphatic carbocycles. The second-order valence-electron chi connectivity index (χ2n) is 4.38. The van der Waals surface area contributed by atoms with Gasteiger partial charge in [0.25, 0.3) is 0 Å².